The van der Waals surface area contributed by atoms with E-state index in [4.69, 9.17) is 9.72 Å². The van der Waals surface area contributed by atoms with E-state index in [1.165, 1.54) is 6.07 Å². The van der Waals surface area contributed by atoms with Gasteiger partial charge in [-0.2, -0.15) is 18.3 Å². The Bertz CT molecular complexity index is 781. The van der Waals surface area contributed by atoms with Crippen LogP contribution in [0.3, 0.4) is 0 Å². The van der Waals surface area contributed by atoms with Crippen LogP contribution in [-0.2, 0) is 10.9 Å². The van der Waals surface area contributed by atoms with Crippen molar-refractivity contribution in [1.82, 2.24) is 14.8 Å². The summed E-state index contributed by atoms with van der Waals surface area (Å²) in [5.74, 6) is 1.65. The molecule has 2 heterocycles. The largest absolute Gasteiger partial charge is 0.416 e. The Hall–Kier alpha value is -1.89. The van der Waals surface area contributed by atoms with Crippen molar-refractivity contribution in [2.24, 2.45) is 0 Å². The molecule has 2 atom stereocenters. The third-order valence-corrected chi connectivity index (χ3v) is 5.31. The van der Waals surface area contributed by atoms with Crippen molar-refractivity contribution in [3.8, 4) is 5.69 Å². The molecule has 1 saturated carbocycles. The summed E-state index contributed by atoms with van der Waals surface area (Å²) in [6.07, 6.45) is 1.61. The van der Waals surface area contributed by atoms with Gasteiger partial charge in [-0.3, -0.25) is 0 Å². The summed E-state index contributed by atoms with van der Waals surface area (Å²) in [5, 5.41) is 4.61. The van der Waals surface area contributed by atoms with Gasteiger partial charge in [0.2, 0.25) is 0 Å². The zero-order chi connectivity index (χ0) is 18.3. The summed E-state index contributed by atoms with van der Waals surface area (Å²) in [7, 11) is 0. The number of benzene rings is 1. The van der Waals surface area contributed by atoms with E-state index in [9.17, 15) is 13.2 Å². The van der Waals surface area contributed by atoms with Crippen LogP contribution in [0.2, 0.25) is 0 Å². The molecule has 140 valence electrons. The van der Waals surface area contributed by atoms with Gasteiger partial charge in [0, 0.05) is 5.92 Å². The Kier molecular flexibility index (Phi) is 4.50. The molecule has 1 aliphatic heterocycles. The highest BCUT2D eigenvalue weighted by Crippen LogP contribution is 2.37. The standard InChI is InChI=1S/C19H22F3N3O/c1-12-9-10-16(26-12)18-23-17(13-5-2-3-6-13)24-25(18)15-8-4-7-14(11-15)19(20,21)22/h4,7-8,11-13,16H,2-3,5-6,9-10H2,1H3/t12-,16-/m1/s1. The van der Waals surface area contributed by atoms with Crippen LogP contribution in [0.15, 0.2) is 24.3 Å². The number of rotatable bonds is 3. The van der Waals surface area contributed by atoms with E-state index in [1.54, 1.807) is 10.7 Å². The average Bonchev–Trinajstić information content (AvgIpc) is 3.34. The summed E-state index contributed by atoms with van der Waals surface area (Å²) >= 11 is 0. The molecule has 0 amide bonds. The van der Waals surface area contributed by atoms with E-state index in [-0.39, 0.29) is 12.2 Å². The number of hydrogen-bond donors (Lipinski definition) is 0. The van der Waals surface area contributed by atoms with E-state index in [0.29, 0.717) is 17.4 Å². The van der Waals surface area contributed by atoms with Crippen LogP contribution in [0.25, 0.3) is 5.69 Å². The molecule has 1 aromatic heterocycles. The lowest BCUT2D eigenvalue weighted by Crippen LogP contribution is -2.11. The van der Waals surface area contributed by atoms with E-state index < -0.39 is 11.7 Å². The first-order chi connectivity index (χ1) is 12.4. The Morgan fingerprint density at radius 3 is 2.54 bits per heavy atom. The minimum Gasteiger partial charge on any atom is -0.367 e. The van der Waals surface area contributed by atoms with Crippen molar-refractivity contribution in [3.05, 3.63) is 41.5 Å². The number of hydrogen-bond acceptors (Lipinski definition) is 3. The third kappa shape index (κ3) is 3.37. The highest BCUT2D eigenvalue weighted by molar-refractivity contribution is 5.37. The molecule has 4 nitrogen and oxygen atoms in total. The van der Waals surface area contributed by atoms with Crippen LogP contribution in [-0.4, -0.2) is 20.9 Å². The van der Waals surface area contributed by atoms with Gasteiger partial charge in [-0.05, 0) is 50.8 Å². The molecule has 1 saturated heterocycles. The van der Waals surface area contributed by atoms with E-state index >= 15 is 0 Å². The number of aromatic nitrogens is 3. The Morgan fingerprint density at radius 2 is 1.88 bits per heavy atom. The van der Waals surface area contributed by atoms with Crippen LogP contribution in [0.1, 0.15) is 74.7 Å². The minimum atomic E-state index is -4.39. The van der Waals surface area contributed by atoms with Crippen LogP contribution in [0, 0.1) is 0 Å². The molecule has 1 aromatic carbocycles. The molecular formula is C19H22F3N3O. The maximum atomic E-state index is 13.1. The first-order valence-corrected chi connectivity index (χ1v) is 9.22. The molecule has 7 heteroatoms. The topological polar surface area (TPSA) is 39.9 Å². The van der Waals surface area contributed by atoms with Gasteiger partial charge in [-0.1, -0.05) is 18.9 Å². The maximum Gasteiger partial charge on any atom is 0.416 e. The van der Waals surface area contributed by atoms with Crippen LogP contribution in [0.4, 0.5) is 13.2 Å². The predicted molar refractivity (Wildman–Crippen MR) is 90.1 cm³/mol. The van der Waals surface area contributed by atoms with Crippen molar-refractivity contribution in [2.45, 2.75) is 69.8 Å². The van der Waals surface area contributed by atoms with Gasteiger partial charge in [0.1, 0.15) is 6.10 Å². The molecule has 0 spiro atoms. The molecule has 2 aromatic rings. The van der Waals surface area contributed by atoms with Crippen LogP contribution < -0.4 is 0 Å². The fourth-order valence-corrected chi connectivity index (χ4v) is 3.90. The van der Waals surface area contributed by atoms with Gasteiger partial charge in [-0.15, -0.1) is 0 Å². The SMILES string of the molecule is C[C@@H]1CC[C@H](c2nc(C3CCCC3)nn2-c2cccc(C(F)(F)F)c2)O1. The summed E-state index contributed by atoms with van der Waals surface area (Å²) in [5.41, 5.74) is -0.297. The number of nitrogens with zero attached hydrogens (tertiary/aromatic N) is 3. The van der Waals surface area contributed by atoms with Gasteiger partial charge in [0.25, 0.3) is 0 Å². The molecule has 26 heavy (non-hydrogen) atoms. The lowest BCUT2D eigenvalue weighted by molar-refractivity contribution is -0.137. The fraction of sp³-hybridized carbons (Fsp3) is 0.579. The predicted octanol–water partition coefficient (Wildman–Crippen LogP) is 5.18. The Morgan fingerprint density at radius 1 is 1.12 bits per heavy atom. The first-order valence-electron chi connectivity index (χ1n) is 9.22. The molecule has 1 aliphatic carbocycles. The highest BCUT2D eigenvalue weighted by Gasteiger charge is 2.33. The number of halogens is 3. The summed E-state index contributed by atoms with van der Waals surface area (Å²) in [6.45, 7) is 2.00. The monoisotopic (exact) mass is 365 g/mol. The molecule has 0 radical (unpaired) electrons. The van der Waals surface area contributed by atoms with Gasteiger partial charge < -0.3 is 4.74 Å². The summed E-state index contributed by atoms with van der Waals surface area (Å²) in [6, 6.07) is 5.27. The van der Waals surface area contributed by atoms with Crippen molar-refractivity contribution in [2.75, 3.05) is 0 Å². The molecule has 0 N–H and O–H groups in total. The second-order valence-corrected chi connectivity index (χ2v) is 7.28. The lowest BCUT2D eigenvalue weighted by Gasteiger charge is -2.13. The fourth-order valence-electron chi connectivity index (χ4n) is 3.90. The second kappa shape index (κ2) is 6.68. The zero-order valence-electron chi connectivity index (χ0n) is 14.7. The quantitative estimate of drug-likeness (QED) is 0.752. The van der Waals surface area contributed by atoms with E-state index in [1.807, 2.05) is 6.92 Å². The summed E-state index contributed by atoms with van der Waals surface area (Å²) < 4.78 is 46.9. The molecule has 2 aliphatic rings. The highest BCUT2D eigenvalue weighted by atomic mass is 19.4. The summed E-state index contributed by atoms with van der Waals surface area (Å²) in [4.78, 5) is 4.72. The van der Waals surface area contributed by atoms with Crippen LogP contribution in [0.5, 0.6) is 0 Å². The second-order valence-electron chi connectivity index (χ2n) is 7.28. The van der Waals surface area contributed by atoms with Crippen molar-refractivity contribution in [1.29, 1.82) is 0 Å². The molecule has 0 bridgehead atoms. The maximum absolute atomic E-state index is 13.1. The van der Waals surface area contributed by atoms with Gasteiger partial charge >= 0.3 is 6.18 Å². The van der Waals surface area contributed by atoms with Gasteiger partial charge in [0.15, 0.2) is 11.6 Å². The Balaban J connectivity index is 1.76. The van der Waals surface area contributed by atoms with Crippen molar-refractivity contribution in [3.63, 3.8) is 0 Å². The van der Waals surface area contributed by atoms with Gasteiger partial charge in [-0.25, -0.2) is 9.67 Å². The molecular weight excluding hydrogens is 343 g/mol. The van der Waals surface area contributed by atoms with E-state index in [0.717, 1.165) is 56.5 Å². The minimum absolute atomic E-state index is 0.126. The zero-order valence-corrected chi connectivity index (χ0v) is 14.7. The molecule has 2 fully saturated rings. The first kappa shape index (κ1) is 17.5. The number of alkyl halides is 3. The molecule has 0 unspecified atom stereocenters. The van der Waals surface area contributed by atoms with Crippen molar-refractivity contribution < 1.29 is 17.9 Å². The van der Waals surface area contributed by atoms with Crippen molar-refractivity contribution >= 4 is 0 Å². The normalized spacial score (nSPS) is 24.5. The van der Waals surface area contributed by atoms with Gasteiger partial charge in [0.05, 0.1) is 17.4 Å². The third-order valence-electron chi connectivity index (χ3n) is 5.31. The Labute approximate surface area is 150 Å². The molecule has 4 rings (SSSR count). The van der Waals surface area contributed by atoms with Crippen LogP contribution >= 0.6 is 0 Å². The number of ether oxygens (including phenoxy) is 1. The average molecular weight is 365 g/mol. The van der Waals surface area contributed by atoms with E-state index in [2.05, 4.69) is 5.10 Å². The lowest BCUT2D eigenvalue weighted by atomic mass is 10.1. The smallest absolute Gasteiger partial charge is 0.367 e.